The van der Waals surface area contributed by atoms with Crippen molar-refractivity contribution in [3.05, 3.63) is 77.7 Å². The van der Waals surface area contributed by atoms with E-state index >= 15 is 0 Å². The molecule has 1 amide bonds. The molecule has 1 saturated heterocycles. The van der Waals surface area contributed by atoms with Gasteiger partial charge < -0.3 is 15.0 Å². The summed E-state index contributed by atoms with van der Waals surface area (Å²) in [6.45, 7) is 0.226. The van der Waals surface area contributed by atoms with E-state index in [0.717, 1.165) is 17.7 Å². The van der Waals surface area contributed by atoms with Crippen LogP contribution in [0.15, 0.2) is 59.8 Å². The van der Waals surface area contributed by atoms with E-state index in [4.69, 9.17) is 9.88 Å². The Labute approximate surface area is 199 Å². The number of anilines is 2. The molecule has 1 aromatic heterocycles. The first-order valence-electron chi connectivity index (χ1n) is 10.4. The van der Waals surface area contributed by atoms with Gasteiger partial charge in [-0.3, -0.25) is 4.79 Å². The van der Waals surface area contributed by atoms with Crippen LogP contribution in [0.2, 0.25) is 0 Å². The highest BCUT2D eigenvalue weighted by Crippen LogP contribution is 2.41. The van der Waals surface area contributed by atoms with Gasteiger partial charge in [0.15, 0.2) is 16.6 Å². The van der Waals surface area contributed by atoms with Gasteiger partial charge in [-0.25, -0.2) is 27.3 Å². The molecule has 184 valence electrons. The molecule has 0 saturated carbocycles. The normalized spacial score (nSPS) is 17.9. The van der Waals surface area contributed by atoms with Gasteiger partial charge in [0.05, 0.1) is 12.8 Å². The zero-order chi connectivity index (χ0) is 25.3. The highest BCUT2D eigenvalue weighted by atomic mass is 32.2. The minimum atomic E-state index is -4.10. The lowest BCUT2D eigenvalue weighted by atomic mass is 9.96. The molecule has 2 atom stereocenters. The summed E-state index contributed by atoms with van der Waals surface area (Å²) < 4.78 is 70.0. The number of halogens is 3. The summed E-state index contributed by atoms with van der Waals surface area (Å²) in [7, 11) is -2.91. The standard InChI is InChI=1S/C23H21F3N4O4S/c1-34-22-18(7-6-17(25)21(22)26)30-12-14(13-2-4-15(24)5-3-13)10-19(30)23(31)29-16-8-9-28-20(11-16)35(27,32)33/h2-9,11,14,19H,10,12H2,1H3,(H2,27,32,33)(H,28,29,31). The summed E-state index contributed by atoms with van der Waals surface area (Å²) in [4.78, 5) is 18.6. The average Bonchev–Trinajstić information content (AvgIpc) is 3.26. The molecule has 0 bridgehead atoms. The van der Waals surface area contributed by atoms with E-state index in [-0.39, 0.29) is 36.0 Å². The number of carbonyl (C=O) groups excluding carboxylic acids is 1. The summed E-state index contributed by atoms with van der Waals surface area (Å²) >= 11 is 0. The quantitative estimate of drug-likeness (QED) is 0.531. The Kier molecular flexibility index (Phi) is 6.68. The number of hydrogen-bond acceptors (Lipinski definition) is 6. The number of hydrogen-bond donors (Lipinski definition) is 2. The van der Waals surface area contributed by atoms with Gasteiger partial charge >= 0.3 is 0 Å². The predicted octanol–water partition coefficient (Wildman–Crippen LogP) is 3.16. The SMILES string of the molecule is COc1c(N2CC(c3ccc(F)cc3)CC2C(=O)Nc2ccnc(S(N)(=O)=O)c2)ccc(F)c1F. The van der Waals surface area contributed by atoms with Crippen LogP contribution in [0.25, 0.3) is 0 Å². The van der Waals surface area contributed by atoms with Gasteiger partial charge in [-0.15, -0.1) is 0 Å². The van der Waals surface area contributed by atoms with Crippen LogP contribution in [0, 0.1) is 17.5 Å². The molecule has 35 heavy (non-hydrogen) atoms. The third-order valence-corrected chi connectivity index (χ3v) is 6.59. The number of benzene rings is 2. The molecule has 1 fully saturated rings. The van der Waals surface area contributed by atoms with E-state index in [1.54, 1.807) is 17.0 Å². The average molecular weight is 507 g/mol. The van der Waals surface area contributed by atoms with Crippen molar-refractivity contribution in [3.63, 3.8) is 0 Å². The lowest BCUT2D eigenvalue weighted by molar-refractivity contribution is -0.117. The molecular weight excluding hydrogens is 485 g/mol. The highest BCUT2D eigenvalue weighted by molar-refractivity contribution is 7.89. The molecular formula is C23H21F3N4O4S. The number of ether oxygens (including phenoxy) is 1. The largest absolute Gasteiger partial charge is 0.491 e. The van der Waals surface area contributed by atoms with Gasteiger partial charge in [0.25, 0.3) is 10.0 Å². The summed E-state index contributed by atoms with van der Waals surface area (Å²) in [6.07, 6.45) is 1.44. The molecule has 12 heteroatoms. The summed E-state index contributed by atoms with van der Waals surface area (Å²) in [5.74, 6) is -3.85. The summed E-state index contributed by atoms with van der Waals surface area (Å²) in [6, 6.07) is 9.68. The minimum absolute atomic E-state index is 0.136. The van der Waals surface area contributed by atoms with E-state index in [0.29, 0.717) is 0 Å². The Balaban J connectivity index is 1.70. The zero-order valence-corrected chi connectivity index (χ0v) is 19.2. The number of nitrogens with two attached hydrogens (primary N) is 1. The number of methoxy groups -OCH3 is 1. The number of sulfonamides is 1. The first-order valence-corrected chi connectivity index (χ1v) is 12.0. The van der Waals surface area contributed by atoms with Crippen molar-refractivity contribution in [1.82, 2.24) is 4.98 Å². The molecule has 3 aromatic rings. The predicted molar refractivity (Wildman–Crippen MR) is 122 cm³/mol. The van der Waals surface area contributed by atoms with Gasteiger partial charge in [0, 0.05) is 30.4 Å². The van der Waals surface area contributed by atoms with E-state index in [2.05, 4.69) is 10.3 Å². The molecule has 1 aliphatic rings. The number of nitrogens with one attached hydrogen (secondary N) is 1. The van der Waals surface area contributed by atoms with Crippen LogP contribution >= 0.6 is 0 Å². The van der Waals surface area contributed by atoms with Crippen LogP contribution in [-0.4, -0.2) is 39.0 Å². The number of carbonyl (C=O) groups is 1. The molecule has 1 aliphatic heterocycles. The van der Waals surface area contributed by atoms with Gasteiger partial charge in [0.2, 0.25) is 11.7 Å². The first-order chi connectivity index (χ1) is 16.6. The van der Waals surface area contributed by atoms with Crippen LogP contribution in [-0.2, 0) is 14.8 Å². The van der Waals surface area contributed by atoms with Crippen molar-refractivity contribution < 1.29 is 31.1 Å². The molecule has 4 rings (SSSR count). The molecule has 8 nitrogen and oxygen atoms in total. The van der Waals surface area contributed by atoms with Crippen LogP contribution in [0.5, 0.6) is 5.75 Å². The molecule has 2 aromatic carbocycles. The van der Waals surface area contributed by atoms with Crippen LogP contribution in [0.4, 0.5) is 24.5 Å². The van der Waals surface area contributed by atoms with Crippen molar-refractivity contribution >= 4 is 27.3 Å². The molecule has 3 N–H and O–H groups in total. The molecule has 0 spiro atoms. The van der Waals surface area contributed by atoms with E-state index < -0.39 is 44.4 Å². The van der Waals surface area contributed by atoms with Gasteiger partial charge in [0.1, 0.15) is 11.9 Å². The smallest absolute Gasteiger partial charge is 0.255 e. The Morgan fingerprint density at radius 3 is 2.51 bits per heavy atom. The second kappa shape index (κ2) is 9.55. The van der Waals surface area contributed by atoms with Crippen LogP contribution in [0.3, 0.4) is 0 Å². The lowest BCUT2D eigenvalue weighted by Gasteiger charge is -2.27. The van der Waals surface area contributed by atoms with Crippen molar-refractivity contribution in [2.75, 3.05) is 23.9 Å². The Morgan fingerprint density at radius 2 is 1.86 bits per heavy atom. The molecule has 0 aliphatic carbocycles. The number of amides is 1. The maximum absolute atomic E-state index is 14.5. The second-order valence-electron chi connectivity index (χ2n) is 7.98. The van der Waals surface area contributed by atoms with Crippen LogP contribution < -0.4 is 20.1 Å². The number of nitrogens with zero attached hydrogens (tertiary/aromatic N) is 2. The Hall–Kier alpha value is -3.64. The van der Waals surface area contributed by atoms with Crippen LogP contribution in [0.1, 0.15) is 17.9 Å². The summed E-state index contributed by atoms with van der Waals surface area (Å²) in [5, 5.41) is 7.32. The van der Waals surface area contributed by atoms with Crippen molar-refractivity contribution in [3.8, 4) is 5.75 Å². The number of pyridine rings is 1. The fourth-order valence-electron chi connectivity index (χ4n) is 4.14. The zero-order valence-electron chi connectivity index (χ0n) is 18.4. The van der Waals surface area contributed by atoms with Crippen molar-refractivity contribution in [2.24, 2.45) is 5.14 Å². The van der Waals surface area contributed by atoms with Gasteiger partial charge in [-0.05, 0) is 42.3 Å². The van der Waals surface area contributed by atoms with Gasteiger partial charge in [-0.1, -0.05) is 12.1 Å². The topological polar surface area (TPSA) is 115 Å². The monoisotopic (exact) mass is 506 g/mol. The molecule has 2 heterocycles. The maximum atomic E-state index is 14.5. The van der Waals surface area contributed by atoms with E-state index in [1.165, 1.54) is 37.6 Å². The first kappa shape index (κ1) is 24.5. The van der Waals surface area contributed by atoms with E-state index in [9.17, 15) is 26.4 Å². The third kappa shape index (κ3) is 5.08. The maximum Gasteiger partial charge on any atom is 0.255 e. The van der Waals surface area contributed by atoms with Gasteiger partial charge in [-0.2, -0.15) is 4.39 Å². The fourth-order valence-corrected chi connectivity index (χ4v) is 4.64. The number of primary sulfonamides is 1. The van der Waals surface area contributed by atoms with E-state index in [1.807, 2.05) is 0 Å². The fraction of sp³-hybridized carbons (Fsp3) is 0.217. The Bertz CT molecular complexity index is 1370. The second-order valence-corrected chi connectivity index (χ2v) is 9.49. The van der Waals surface area contributed by atoms with Crippen molar-refractivity contribution in [2.45, 2.75) is 23.4 Å². The van der Waals surface area contributed by atoms with Crippen molar-refractivity contribution in [1.29, 1.82) is 0 Å². The minimum Gasteiger partial charge on any atom is -0.491 e. The number of aromatic nitrogens is 1. The molecule has 2 unspecified atom stereocenters. The molecule has 0 radical (unpaired) electrons. The lowest BCUT2D eigenvalue weighted by Crippen LogP contribution is -2.40. The third-order valence-electron chi connectivity index (χ3n) is 5.78. The number of rotatable bonds is 6. The summed E-state index contributed by atoms with van der Waals surface area (Å²) in [5.41, 5.74) is 1.06. The Morgan fingerprint density at radius 1 is 1.14 bits per heavy atom. The highest BCUT2D eigenvalue weighted by Gasteiger charge is 2.39.